The van der Waals surface area contributed by atoms with Crippen LogP contribution in [0.4, 0.5) is 0 Å². The van der Waals surface area contributed by atoms with Gasteiger partial charge in [0.25, 0.3) is 0 Å². The highest BCUT2D eigenvalue weighted by Crippen LogP contribution is 2.46. The highest BCUT2D eigenvalue weighted by molar-refractivity contribution is 6.39. The lowest BCUT2D eigenvalue weighted by atomic mass is 10.0. The van der Waals surface area contributed by atoms with Crippen LogP contribution in [-0.2, 0) is 12.1 Å². The lowest BCUT2D eigenvalue weighted by molar-refractivity contribution is 0.300. The van der Waals surface area contributed by atoms with Gasteiger partial charge in [0.1, 0.15) is 23.8 Å². The summed E-state index contributed by atoms with van der Waals surface area (Å²) in [5.74, 6) is 8.34. The fourth-order valence-corrected chi connectivity index (χ4v) is 5.91. The molecule has 2 aromatic heterocycles. The maximum atomic E-state index is 6.66. The van der Waals surface area contributed by atoms with E-state index >= 15 is 0 Å². The number of aryl methyl sites for hydroxylation is 1. The van der Waals surface area contributed by atoms with E-state index < -0.39 is 0 Å². The second-order valence-corrected chi connectivity index (χ2v) is 12.7. The number of fused-ring (bicyclic) bond motifs is 1. The van der Waals surface area contributed by atoms with Crippen molar-refractivity contribution in [3.05, 3.63) is 104 Å². The van der Waals surface area contributed by atoms with Crippen LogP contribution in [0.15, 0.2) is 65.3 Å². The fraction of sp³-hybridized carbons (Fsp3) is 0.265. The van der Waals surface area contributed by atoms with E-state index in [1.807, 2.05) is 18.2 Å². The number of hydrogen-bond donors (Lipinski definition) is 0. The molecule has 1 saturated carbocycles. The molecule has 6 rings (SSSR count). The third-order valence-corrected chi connectivity index (χ3v) is 8.31. The molecule has 0 aliphatic heterocycles. The van der Waals surface area contributed by atoms with Crippen LogP contribution in [0.1, 0.15) is 67.5 Å². The third-order valence-electron chi connectivity index (χ3n) is 7.37. The number of rotatable bonds is 5. The quantitative estimate of drug-likeness (QED) is 0.188. The van der Waals surface area contributed by atoms with E-state index in [1.165, 1.54) is 16.5 Å². The first-order valence-electron chi connectivity index (χ1n) is 13.6. The van der Waals surface area contributed by atoms with Crippen LogP contribution >= 0.6 is 34.8 Å². The van der Waals surface area contributed by atoms with Crippen LogP contribution in [-0.4, -0.2) is 9.72 Å². The van der Waals surface area contributed by atoms with Crippen LogP contribution in [0.25, 0.3) is 22.2 Å². The molecule has 0 spiro atoms. The SMILES string of the molecule is Cc1cc(C#Cc2ccc(OCc3c(-c4c(Cl)cccc4Cl)noc3C3CC3)cc2Cl)cc2c1ccn2C(C)(C)C. The number of halogens is 3. The van der Waals surface area contributed by atoms with Crippen molar-refractivity contribution in [2.45, 2.75) is 58.6 Å². The standard InChI is InChI=1S/C34H29Cl3N2O2/c1-20-16-21(17-30-25(20)14-15-39(30)34(2,3)4)8-9-22-12-13-24(18-29(22)37)40-19-26-32(38-41-33(26)23-10-11-23)31-27(35)6-5-7-28(31)36/h5-7,12-18,23H,10-11,19H2,1-4H3. The Bertz CT molecular complexity index is 1830. The summed E-state index contributed by atoms with van der Waals surface area (Å²) < 4.78 is 14.2. The predicted molar refractivity (Wildman–Crippen MR) is 167 cm³/mol. The molecule has 1 fully saturated rings. The van der Waals surface area contributed by atoms with Gasteiger partial charge < -0.3 is 13.8 Å². The Kier molecular flexibility index (Phi) is 7.32. The molecule has 208 valence electrons. The van der Waals surface area contributed by atoms with Crippen molar-refractivity contribution in [3.8, 4) is 28.8 Å². The van der Waals surface area contributed by atoms with Crippen molar-refractivity contribution in [3.63, 3.8) is 0 Å². The largest absolute Gasteiger partial charge is 0.489 e. The zero-order valence-electron chi connectivity index (χ0n) is 23.3. The van der Waals surface area contributed by atoms with Crippen LogP contribution in [0.5, 0.6) is 5.75 Å². The van der Waals surface area contributed by atoms with Gasteiger partial charge in [0, 0.05) is 51.3 Å². The highest BCUT2D eigenvalue weighted by atomic mass is 35.5. The lowest BCUT2D eigenvalue weighted by Crippen LogP contribution is -2.20. The van der Waals surface area contributed by atoms with Gasteiger partial charge in [-0.2, -0.15) is 0 Å². The van der Waals surface area contributed by atoms with Crippen molar-refractivity contribution in [2.24, 2.45) is 0 Å². The van der Waals surface area contributed by atoms with Gasteiger partial charge in [-0.25, -0.2) is 0 Å². The van der Waals surface area contributed by atoms with Crippen molar-refractivity contribution >= 4 is 45.7 Å². The van der Waals surface area contributed by atoms with E-state index in [9.17, 15) is 0 Å². The van der Waals surface area contributed by atoms with Crippen molar-refractivity contribution in [1.82, 2.24) is 9.72 Å². The van der Waals surface area contributed by atoms with E-state index in [2.05, 4.69) is 73.7 Å². The summed E-state index contributed by atoms with van der Waals surface area (Å²) in [5.41, 5.74) is 6.14. The van der Waals surface area contributed by atoms with E-state index in [4.69, 9.17) is 44.1 Å². The van der Waals surface area contributed by atoms with E-state index in [1.54, 1.807) is 18.2 Å². The van der Waals surface area contributed by atoms with Crippen LogP contribution in [0.3, 0.4) is 0 Å². The van der Waals surface area contributed by atoms with Crippen molar-refractivity contribution in [1.29, 1.82) is 0 Å². The third kappa shape index (κ3) is 5.60. The minimum Gasteiger partial charge on any atom is -0.489 e. The minimum atomic E-state index is -0.0221. The van der Waals surface area contributed by atoms with E-state index in [0.29, 0.717) is 38.0 Å². The Balaban J connectivity index is 1.25. The molecule has 0 radical (unpaired) electrons. The van der Waals surface area contributed by atoms with Crippen molar-refractivity contribution in [2.75, 3.05) is 0 Å². The number of nitrogens with zero attached hydrogens (tertiary/aromatic N) is 2. The number of aromatic nitrogens is 2. The van der Waals surface area contributed by atoms with Crippen LogP contribution in [0, 0.1) is 18.8 Å². The average molecular weight is 604 g/mol. The van der Waals surface area contributed by atoms with Gasteiger partial charge in [0.2, 0.25) is 0 Å². The molecule has 0 unspecified atom stereocenters. The minimum absolute atomic E-state index is 0.0221. The number of hydrogen-bond acceptors (Lipinski definition) is 3. The molecule has 41 heavy (non-hydrogen) atoms. The molecule has 0 N–H and O–H groups in total. The average Bonchev–Trinajstić information content (AvgIpc) is 3.51. The summed E-state index contributed by atoms with van der Waals surface area (Å²) in [7, 11) is 0. The fourth-order valence-electron chi connectivity index (χ4n) is 5.11. The topological polar surface area (TPSA) is 40.2 Å². The van der Waals surface area contributed by atoms with Gasteiger partial charge in [-0.3, -0.25) is 0 Å². The Morgan fingerprint density at radius 1 is 0.976 bits per heavy atom. The van der Waals surface area contributed by atoms with Gasteiger partial charge in [-0.1, -0.05) is 57.9 Å². The maximum absolute atomic E-state index is 6.66. The smallest absolute Gasteiger partial charge is 0.147 e. The van der Waals surface area contributed by atoms with Crippen LogP contribution < -0.4 is 4.74 Å². The second kappa shape index (κ2) is 10.8. The molecule has 2 heterocycles. The normalized spacial score (nSPS) is 13.3. The molecular formula is C34H29Cl3N2O2. The van der Waals surface area contributed by atoms with Crippen LogP contribution in [0.2, 0.25) is 15.1 Å². The number of benzene rings is 3. The van der Waals surface area contributed by atoms with Crippen molar-refractivity contribution < 1.29 is 9.26 Å². The second-order valence-electron chi connectivity index (χ2n) is 11.5. The molecule has 4 nitrogen and oxygen atoms in total. The van der Waals surface area contributed by atoms with E-state index in [0.717, 1.165) is 35.3 Å². The lowest BCUT2D eigenvalue weighted by Gasteiger charge is -2.23. The van der Waals surface area contributed by atoms with Gasteiger partial charge >= 0.3 is 0 Å². The zero-order valence-corrected chi connectivity index (χ0v) is 25.6. The first-order chi connectivity index (χ1) is 19.6. The maximum Gasteiger partial charge on any atom is 0.147 e. The highest BCUT2D eigenvalue weighted by Gasteiger charge is 2.33. The molecule has 0 bridgehead atoms. The Morgan fingerprint density at radius 2 is 1.73 bits per heavy atom. The first kappa shape index (κ1) is 27.8. The monoisotopic (exact) mass is 602 g/mol. The molecule has 1 aliphatic carbocycles. The predicted octanol–water partition coefficient (Wildman–Crippen LogP) is 10.2. The zero-order chi connectivity index (χ0) is 28.9. The Morgan fingerprint density at radius 3 is 2.41 bits per heavy atom. The number of ether oxygens (including phenoxy) is 1. The Hall–Kier alpha value is -3.36. The van der Waals surface area contributed by atoms with Gasteiger partial charge in [0.15, 0.2) is 0 Å². The van der Waals surface area contributed by atoms with Gasteiger partial charge in [-0.15, -0.1) is 0 Å². The summed E-state index contributed by atoms with van der Waals surface area (Å²) in [4.78, 5) is 0. The summed E-state index contributed by atoms with van der Waals surface area (Å²) in [6.45, 7) is 8.97. The summed E-state index contributed by atoms with van der Waals surface area (Å²) in [6, 6.07) is 17.4. The van der Waals surface area contributed by atoms with E-state index in [-0.39, 0.29) is 12.1 Å². The molecule has 5 aromatic rings. The summed E-state index contributed by atoms with van der Waals surface area (Å²) >= 11 is 19.6. The first-order valence-corrected chi connectivity index (χ1v) is 14.7. The molecule has 0 atom stereocenters. The molecule has 7 heteroatoms. The molecular weight excluding hydrogens is 575 g/mol. The van der Waals surface area contributed by atoms with Gasteiger partial charge in [-0.05, 0) is 88.6 Å². The Labute approximate surface area is 255 Å². The molecule has 0 amide bonds. The molecule has 0 saturated heterocycles. The van der Waals surface area contributed by atoms with Gasteiger partial charge in [0.05, 0.1) is 20.6 Å². The summed E-state index contributed by atoms with van der Waals surface area (Å²) in [5, 5.41) is 7.13. The summed E-state index contributed by atoms with van der Waals surface area (Å²) in [6.07, 6.45) is 4.26. The molecule has 3 aromatic carbocycles. The molecule has 1 aliphatic rings.